The van der Waals surface area contributed by atoms with Crippen molar-refractivity contribution >= 4 is 5.97 Å². The Labute approximate surface area is 85.2 Å². The average Bonchev–Trinajstić information content (AvgIpc) is 2.13. The molecule has 82 valence electrons. The second-order valence-corrected chi connectivity index (χ2v) is 3.12. The van der Waals surface area contributed by atoms with Crippen LogP contribution in [0.2, 0.25) is 0 Å². The van der Waals surface area contributed by atoms with Gasteiger partial charge < -0.3 is 26.2 Å². The predicted molar refractivity (Wildman–Crippen MR) is 50.8 cm³/mol. The van der Waals surface area contributed by atoms with Gasteiger partial charge in [0.05, 0.1) is 0 Å². The van der Waals surface area contributed by atoms with Gasteiger partial charge in [0, 0.05) is 18.1 Å². The molecule has 0 heterocycles. The Balaban J connectivity index is 2.99. The van der Waals surface area contributed by atoms with Crippen LogP contribution in [0.4, 0.5) is 0 Å². The molecular weight excluding hydrogens is 202 g/mol. The molecule has 0 amide bonds. The molecule has 0 aliphatic rings. The summed E-state index contributed by atoms with van der Waals surface area (Å²) in [6, 6.07) is 0.903. The highest BCUT2D eigenvalue weighted by molar-refractivity contribution is 5.73. The summed E-state index contributed by atoms with van der Waals surface area (Å²) in [5.41, 5.74) is 5.33. The molecule has 1 rings (SSSR count). The monoisotopic (exact) mass is 213 g/mol. The van der Waals surface area contributed by atoms with Crippen LogP contribution in [0.1, 0.15) is 5.56 Å². The molecule has 15 heavy (non-hydrogen) atoms. The van der Waals surface area contributed by atoms with E-state index in [1.54, 1.807) is 0 Å². The Morgan fingerprint density at radius 2 is 1.93 bits per heavy atom. The van der Waals surface area contributed by atoms with E-state index in [1.807, 2.05) is 0 Å². The van der Waals surface area contributed by atoms with E-state index in [9.17, 15) is 9.90 Å². The molecular formula is C9H11NO5. The van der Waals surface area contributed by atoms with Crippen LogP contribution in [-0.2, 0) is 11.2 Å². The lowest BCUT2D eigenvalue weighted by molar-refractivity contribution is -0.138. The van der Waals surface area contributed by atoms with Gasteiger partial charge in [0.25, 0.3) is 0 Å². The zero-order valence-electron chi connectivity index (χ0n) is 7.71. The van der Waals surface area contributed by atoms with Crippen LogP contribution >= 0.6 is 0 Å². The summed E-state index contributed by atoms with van der Waals surface area (Å²) in [5, 5.41) is 36.1. The lowest BCUT2D eigenvalue weighted by atomic mass is 10.0. The highest BCUT2D eigenvalue weighted by atomic mass is 16.4. The maximum absolute atomic E-state index is 10.5. The van der Waals surface area contributed by atoms with Gasteiger partial charge in [-0.1, -0.05) is 0 Å². The summed E-state index contributed by atoms with van der Waals surface area (Å²) in [6.45, 7) is 0. The van der Waals surface area contributed by atoms with Crippen LogP contribution in [0.5, 0.6) is 17.2 Å². The minimum atomic E-state index is -1.22. The SMILES string of the molecule is NC(Cc1cc(O)cc(O)c1O)C(=O)O. The number of hydrogen-bond donors (Lipinski definition) is 5. The number of nitrogens with two attached hydrogens (primary N) is 1. The van der Waals surface area contributed by atoms with Crippen molar-refractivity contribution in [3.05, 3.63) is 17.7 Å². The molecule has 0 spiro atoms. The zero-order valence-corrected chi connectivity index (χ0v) is 7.71. The highest BCUT2D eigenvalue weighted by Gasteiger charge is 2.17. The molecule has 0 saturated carbocycles. The average molecular weight is 213 g/mol. The molecule has 0 fully saturated rings. The zero-order chi connectivity index (χ0) is 11.6. The fraction of sp³-hybridized carbons (Fsp3) is 0.222. The first kappa shape index (κ1) is 11.1. The first-order chi connectivity index (χ1) is 6.91. The maximum atomic E-state index is 10.5. The Morgan fingerprint density at radius 3 is 2.47 bits per heavy atom. The standard InChI is InChI=1S/C9H11NO5/c10-6(9(14)15)2-4-1-5(11)3-7(12)8(4)13/h1,3,6,11-13H,2,10H2,(H,14,15). The molecule has 6 heteroatoms. The lowest BCUT2D eigenvalue weighted by Gasteiger charge is -2.09. The van der Waals surface area contributed by atoms with Crippen molar-refractivity contribution in [1.82, 2.24) is 0 Å². The number of rotatable bonds is 3. The van der Waals surface area contributed by atoms with Crippen LogP contribution in [0.25, 0.3) is 0 Å². The van der Waals surface area contributed by atoms with Gasteiger partial charge >= 0.3 is 5.97 Å². The fourth-order valence-electron chi connectivity index (χ4n) is 1.14. The predicted octanol–water partition coefficient (Wildman–Crippen LogP) is -0.242. The quantitative estimate of drug-likeness (QED) is 0.348. The number of aliphatic carboxylic acids is 1. The van der Waals surface area contributed by atoms with E-state index in [0.29, 0.717) is 0 Å². The van der Waals surface area contributed by atoms with E-state index in [2.05, 4.69) is 0 Å². The number of phenolic OH excluding ortho intramolecular Hbond substituents is 3. The molecule has 6 nitrogen and oxygen atoms in total. The Morgan fingerprint density at radius 1 is 1.33 bits per heavy atom. The largest absolute Gasteiger partial charge is 0.508 e. The van der Waals surface area contributed by atoms with Crippen molar-refractivity contribution in [2.45, 2.75) is 12.5 Å². The molecule has 0 saturated heterocycles. The Bertz CT molecular complexity index is 390. The van der Waals surface area contributed by atoms with Gasteiger partial charge in [-0.25, -0.2) is 0 Å². The maximum Gasteiger partial charge on any atom is 0.320 e. The van der Waals surface area contributed by atoms with Crippen molar-refractivity contribution in [1.29, 1.82) is 0 Å². The molecule has 1 unspecified atom stereocenters. The van der Waals surface area contributed by atoms with Gasteiger partial charge in [0.1, 0.15) is 11.8 Å². The number of phenols is 3. The van der Waals surface area contributed by atoms with E-state index < -0.39 is 23.5 Å². The van der Waals surface area contributed by atoms with Crippen LogP contribution < -0.4 is 5.73 Å². The van der Waals surface area contributed by atoms with Gasteiger partial charge in [0.15, 0.2) is 11.5 Å². The van der Waals surface area contributed by atoms with Crippen molar-refractivity contribution < 1.29 is 25.2 Å². The molecule has 0 aromatic heterocycles. The van der Waals surface area contributed by atoms with Gasteiger partial charge in [-0.15, -0.1) is 0 Å². The first-order valence-electron chi connectivity index (χ1n) is 4.14. The van der Waals surface area contributed by atoms with Crippen molar-refractivity contribution in [2.24, 2.45) is 5.73 Å². The minimum absolute atomic E-state index is 0.0856. The van der Waals surface area contributed by atoms with E-state index in [4.69, 9.17) is 21.1 Å². The first-order valence-corrected chi connectivity index (χ1v) is 4.14. The van der Waals surface area contributed by atoms with Crippen LogP contribution in [-0.4, -0.2) is 32.4 Å². The molecule has 0 aliphatic carbocycles. The normalized spacial score (nSPS) is 12.3. The molecule has 0 aliphatic heterocycles. The minimum Gasteiger partial charge on any atom is -0.508 e. The summed E-state index contributed by atoms with van der Waals surface area (Å²) >= 11 is 0. The number of carboxylic acid groups (broad SMARTS) is 1. The van der Waals surface area contributed by atoms with Gasteiger partial charge in [-0.2, -0.15) is 0 Å². The summed E-state index contributed by atoms with van der Waals surface area (Å²) in [6.07, 6.45) is -0.177. The Kier molecular flexibility index (Phi) is 3.01. The smallest absolute Gasteiger partial charge is 0.320 e. The third-order valence-corrected chi connectivity index (χ3v) is 1.91. The highest BCUT2D eigenvalue weighted by Crippen LogP contribution is 2.33. The second kappa shape index (κ2) is 4.05. The summed E-state index contributed by atoms with van der Waals surface area (Å²) in [7, 11) is 0. The van der Waals surface area contributed by atoms with Gasteiger partial charge in [-0.3, -0.25) is 4.79 Å². The van der Waals surface area contributed by atoms with Crippen molar-refractivity contribution in [2.75, 3.05) is 0 Å². The summed E-state index contributed by atoms with van der Waals surface area (Å²) in [5.74, 6) is -2.47. The molecule has 1 aromatic rings. The Hall–Kier alpha value is -1.95. The van der Waals surface area contributed by atoms with E-state index >= 15 is 0 Å². The number of hydrogen-bond acceptors (Lipinski definition) is 5. The number of benzene rings is 1. The number of carboxylic acids is 1. The molecule has 1 atom stereocenters. The van der Waals surface area contributed by atoms with Crippen LogP contribution in [0, 0.1) is 0 Å². The fourth-order valence-corrected chi connectivity index (χ4v) is 1.14. The second-order valence-electron chi connectivity index (χ2n) is 3.12. The van der Waals surface area contributed by atoms with Crippen LogP contribution in [0.15, 0.2) is 12.1 Å². The van der Waals surface area contributed by atoms with E-state index in [0.717, 1.165) is 12.1 Å². The third-order valence-electron chi connectivity index (χ3n) is 1.91. The van der Waals surface area contributed by atoms with Gasteiger partial charge in [0.2, 0.25) is 0 Å². The lowest BCUT2D eigenvalue weighted by Crippen LogP contribution is -2.32. The molecule has 1 aromatic carbocycles. The third kappa shape index (κ3) is 2.50. The summed E-state index contributed by atoms with van der Waals surface area (Å²) < 4.78 is 0. The van der Waals surface area contributed by atoms with E-state index in [-0.39, 0.29) is 17.7 Å². The summed E-state index contributed by atoms with van der Waals surface area (Å²) in [4.78, 5) is 10.5. The molecule has 0 bridgehead atoms. The van der Waals surface area contributed by atoms with Crippen molar-refractivity contribution in [3.63, 3.8) is 0 Å². The molecule has 6 N–H and O–H groups in total. The number of aromatic hydroxyl groups is 3. The topological polar surface area (TPSA) is 124 Å². The van der Waals surface area contributed by atoms with Crippen LogP contribution in [0.3, 0.4) is 0 Å². The van der Waals surface area contributed by atoms with Crippen molar-refractivity contribution in [3.8, 4) is 17.2 Å². The van der Waals surface area contributed by atoms with E-state index in [1.165, 1.54) is 0 Å². The number of carbonyl (C=O) groups is 1. The van der Waals surface area contributed by atoms with Gasteiger partial charge in [-0.05, 0) is 6.07 Å². The molecule has 0 radical (unpaired) electrons.